The van der Waals surface area contributed by atoms with Gasteiger partial charge in [0.25, 0.3) is 11.8 Å². The first-order valence-electron chi connectivity index (χ1n) is 18.5. The number of carboxylic acids is 3. The van der Waals surface area contributed by atoms with Crippen molar-refractivity contribution in [1.29, 1.82) is 0 Å². The van der Waals surface area contributed by atoms with Gasteiger partial charge in [-0.15, -0.1) is 0 Å². The molecule has 316 valence electrons. The lowest BCUT2D eigenvalue weighted by Crippen LogP contribution is -2.42. The van der Waals surface area contributed by atoms with Gasteiger partial charge in [-0.3, -0.25) is 19.2 Å². The first-order valence-corrected chi connectivity index (χ1v) is 20.8. The zero-order valence-electron chi connectivity index (χ0n) is 32.7. The van der Waals surface area contributed by atoms with E-state index in [4.69, 9.17) is 54.1 Å². The predicted molar refractivity (Wildman–Crippen MR) is 224 cm³/mol. The third kappa shape index (κ3) is 12.1. The Labute approximate surface area is 354 Å². The lowest BCUT2D eigenvalue weighted by atomic mass is 9.88. The van der Waals surface area contributed by atoms with Crippen LogP contribution in [0.1, 0.15) is 75.8 Å². The van der Waals surface area contributed by atoms with Crippen molar-refractivity contribution < 1.29 is 53.7 Å². The smallest absolute Gasteiger partial charge is 0.336 e. The van der Waals surface area contributed by atoms with Crippen LogP contribution in [0.3, 0.4) is 0 Å². The zero-order valence-corrected chi connectivity index (χ0v) is 35.1. The number of nitrogens with zero attached hydrogens (tertiary/aromatic N) is 2. The van der Waals surface area contributed by atoms with Crippen molar-refractivity contribution in [3.63, 3.8) is 0 Å². The van der Waals surface area contributed by atoms with Gasteiger partial charge < -0.3 is 45.2 Å². The number of rotatable bonds is 16. The van der Waals surface area contributed by atoms with Crippen molar-refractivity contribution >= 4 is 74.9 Å². The molecule has 0 radical (unpaired) electrons. The van der Waals surface area contributed by atoms with Crippen LogP contribution < -0.4 is 10.5 Å². The van der Waals surface area contributed by atoms with E-state index in [9.17, 15) is 28.5 Å². The lowest BCUT2D eigenvalue weighted by Gasteiger charge is -2.34. The highest BCUT2D eigenvalue weighted by molar-refractivity contribution is 7.90. The highest BCUT2D eigenvalue weighted by Gasteiger charge is 2.41. The van der Waals surface area contributed by atoms with Gasteiger partial charge in [-0.05, 0) is 96.6 Å². The van der Waals surface area contributed by atoms with E-state index in [1.54, 1.807) is 30.3 Å². The molecule has 0 spiro atoms. The van der Waals surface area contributed by atoms with Gasteiger partial charge in [-0.2, -0.15) is 0 Å². The number of hydrogen-bond donors (Lipinski definition) is 5. The maximum absolute atomic E-state index is 14.2. The minimum atomic E-state index is -2.74. The molecule has 17 heteroatoms. The van der Waals surface area contributed by atoms with Gasteiger partial charge in [-0.25, -0.2) is 4.79 Å². The Morgan fingerprint density at radius 1 is 0.949 bits per heavy atom. The molecule has 2 atom stereocenters. The van der Waals surface area contributed by atoms with Crippen LogP contribution in [-0.2, 0) is 25.6 Å². The Morgan fingerprint density at radius 2 is 1.56 bits per heavy atom. The average molecular weight is 873 g/mol. The Kier molecular flexibility index (Phi) is 16.6. The fraction of sp³-hybridized carbons (Fsp3) is 0.357. The van der Waals surface area contributed by atoms with Gasteiger partial charge >= 0.3 is 17.9 Å². The number of nitrogens with two attached hydrogens (primary N) is 1. The lowest BCUT2D eigenvalue weighted by molar-refractivity contribution is -0.170. The van der Waals surface area contributed by atoms with Crippen LogP contribution in [0.5, 0.6) is 5.75 Å². The Bertz CT molecular complexity index is 2160. The van der Waals surface area contributed by atoms with Gasteiger partial charge in [0.05, 0.1) is 41.1 Å². The summed E-state index contributed by atoms with van der Waals surface area (Å²) in [5, 5.41) is 36.2. The second kappa shape index (κ2) is 20.9. The Balaban J connectivity index is 0.000000509. The molecule has 0 aromatic heterocycles. The molecule has 1 saturated heterocycles. The second-order valence-electron chi connectivity index (χ2n) is 14.3. The SMILES string of the molecule is COc1c(C(N)=O)cc2ccccc2c1C(=O)N(C)C[C@@H](CCN1CCC(c2ccccc2[S+](C)[O-])CC1)c1ccc(Cl)c(Cl)c1.O=C(O)CC(O)(CC(=O)O)C(=O)O. The summed E-state index contributed by atoms with van der Waals surface area (Å²) in [6.07, 6.45) is 2.23. The number of methoxy groups -OCH3 is 1. The number of aliphatic hydroxyl groups is 1. The summed E-state index contributed by atoms with van der Waals surface area (Å²) >= 11 is 11.7. The summed E-state index contributed by atoms with van der Waals surface area (Å²) < 4.78 is 18.0. The topological polar surface area (TPSA) is 231 Å². The van der Waals surface area contributed by atoms with Gasteiger partial charge in [0.1, 0.15) is 12.0 Å². The number of piperidine rings is 1. The molecular weight excluding hydrogens is 825 g/mol. The first kappa shape index (κ1) is 46.8. The molecular formula is C42H47Cl2N3O11S. The van der Waals surface area contributed by atoms with Gasteiger partial charge in [0, 0.05) is 25.1 Å². The molecule has 4 aromatic carbocycles. The van der Waals surface area contributed by atoms with E-state index >= 15 is 0 Å². The minimum Gasteiger partial charge on any atom is -0.612 e. The van der Waals surface area contributed by atoms with E-state index in [0.29, 0.717) is 33.5 Å². The number of ether oxygens (including phenoxy) is 1. The van der Waals surface area contributed by atoms with Crippen LogP contribution in [0.15, 0.2) is 77.7 Å². The predicted octanol–water partition coefficient (Wildman–Crippen LogP) is 5.87. The van der Waals surface area contributed by atoms with Crippen LogP contribution in [0, 0.1) is 0 Å². The highest BCUT2D eigenvalue weighted by Crippen LogP contribution is 2.36. The third-order valence-corrected chi connectivity index (χ3v) is 12.0. The summed E-state index contributed by atoms with van der Waals surface area (Å²) in [5.41, 5.74) is 5.61. The molecule has 1 heterocycles. The van der Waals surface area contributed by atoms with Crippen LogP contribution in [-0.4, -0.2) is 117 Å². The number of amides is 2. The van der Waals surface area contributed by atoms with E-state index in [1.807, 2.05) is 54.6 Å². The number of primary amides is 1. The van der Waals surface area contributed by atoms with Crippen molar-refractivity contribution in [3.05, 3.63) is 105 Å². The van der Waals surface area contributed by atoms with Gasteiger partial charge in [0.2, 0.25) is 0 Å². The number of carbonyl (C=O) groups excluding carboxylic acids is 2. The maximum Gasteiger partial charge on any atom is 0.336 e. The number of carbonyl (C=O) groups is 5. The molecule has 1 aliphatic heterocycles. The van der Waals surface area contributed by atoms with Crippen molar-refractivity contribution in [2.75, 3.05) is 46.6 Å². The number of carboxylic acid groups (broad SMARTS) is 3. The number of fused-ring (bicyclic) bond motifs is 1. The maximum atomic E-state index is 14.2. The van der Waals surface area contributed by atoms with E-state index in [-0.39, 0.29) is 23.1 Å². The summed E-state index contributed by atoms with van der Waals surface area (Å²) in [7, 11) is 3.20. The summed E-state index contributed by atoms with van der Waals surface area (Å²) in [5.74, 6) is -5.44. The van der Waals surface area contributed by atoms with Crippen LogP contribution in [0.2, 0.25) is 10.0 Å². The van der Waals surface area contributed by atoms with Crippen LogP contribution in [0.4, 0.5) is 0 Å². The minimum absolute atomic E-state index is 0.0405. The molecule has 14 nitrogen and oxygen atoms in total. The number of likely N-dealkylation sites (N-methyl/N-ethyl adjacent to an activating group) is 1. The normalized spacial score (nSPS) is 14.4. The van der Waals surface area contributed by atoms with Crippen molar-refractivity contribution in [1.82, 2.24) is 9.80 Å². The average Bonchev–Trinajstić information content (AvgIpc) is 3.19. The molecule has 6 N–H and O–H groups in total. The molecule has 1 fully saturated rings. The van der Waals surface area contributed by atoms with Gasteiger partial charge in [0.15, 0.2) is 10.5 Å². The molecule has 1 unspecified atom stereocenters. The Hall–Kier alpha value is -4.90. The highest BCUT2D eigenvalue weighted by atomic mass is 35.5. The summed E-state index contributed by atoms with van der Waals surface area (Å²) in [6, 6.07) is 22.8. The molecule has 1 aliphatic rings. The van der Waals surface area contributed by atoms with Crippen LogP contribution >= 0.6 is 23.2 Å². The Morgan fingerprint density at radius 3 is 2.12 bits per heavy atom. The molecule has 0 saturated carbocycles. The fourth-order valence-electron chi connectivity index (χ4n) is 7.27. The molecule has 5 rings (SSSR count). The van der Waals surface area contributed by atoms with Crippen molar-refractivity contribution in [2.24, 2.45) is 5.73 Å². The number of hydrogen-bond acceptors (Lipinski definition) is 9. The van der Waals surface area contributed by atoms with Gasteiger partial charge in [-0.1, -0.05) is 71.7 Å². The zero-order chi connectivity index (χ0) is 43.6. The first-order chi connectivity index (χ1) is 27.9. The second-order valence-corrected chi connectivity index (χ2v) is 16.5. The number of halogens is 2. The monoisotopic (exact) mass is 871 g/mol. The van der Waals surface area contributed by atoms with Crippen molar-refractivity contribution in [3.8, 4) is 5.75 Å². The standard InChI is InChI=1S/C36H39Cl2N3O4S.C6H8O7/c1-40(36(43)33-28-10-5-4-8-25(28)20-29(35(39)42)34(33)45-2)22-26(24-12-13-30(37)31(38)21-24)16-19-41-17-14-23(15-18-41)27-9-6-7-11-32(27)46(3)44;7-3(8)1-6(13,5(11)12)2-4(9)10/h4-13,20-21,23,26H,14-19,22H2,1-3H3,(H2,39,42);13H,1-2H2,(H,7,8)(H,9,10)(H,11,12)/t26-,46?;/m1./s1. The molecule has 2 amide bonds. The fourth-order valence-corrected chi connectivity index (χ4v) is 8.41. The molecule has 0 aliphatic carbocycles. The quantitative estimate of drug-likeness (QED) is 0.0833. The number of aliphatic carboxylic acids is 3. The molecule has 59 heavy (non-hydrogen) atoms. The third-order valence-electron chi connectivity index (χ3n) is 10.3. The molecule has 0 bridgehead atoms. The number of benzene rings is 4. The number of likely N-dealkylation sites (tertiary alicyclic amines) is 1. The largest absolute Gasteiger partial charge is 0.612 e. The molecule has 4 aromatic rings. The van der Waals surface area contributed by atoms with E-state index in [0.717, 1.165) is 54.7 Å². The van der Waals surface area contributed by atoms with Crippen molar-refractivity contribution in [2.45, 2.75) is 54.4 Å². The summed E-state index contributed by atoms with van der Waals surface area (Å²) in [6.45, 7) is 3.11. The van der Waals surface area contributed by atoms with E-state index in [2.05, 4.69) is 11.0 Å². The van der Waals surface area contributed by atoms with E-state index in [1.165, 1.54) is 12.7 Å². The van der Waals surface area contributed by atoms with Crippen LogP contribution in [0.25, 0.3) is 10.8 Å². The van der Waals surface area contributed by atoms with E-state index < -0.39 is 53.4 Å². The summed E-state index contributed by atoms with van der Waals surface area (Å²) in [4.78, 5) is 62.1.